The Balaban J connectivity index is 1.91. The number of aliphatic hydroxyl groups excluding tert-OH is 1. The van der Waals surface area contributed by atoms with Gasteiger partial charge >= 0.3 is 0 Å². The molecule has 1 aromatic rings. The molecule has 1 unspecified atom stereocenters. The molecule has 2 heterocycles. The van der Waals surface area contributed by atoms with Crippen molar-refractivity contribution in [2.45, 2.75) is 48.3 Å². The molecular weight excluding hydrogens is 322 g/mol. The van der Waals surface area contributed by atoms with Crippen molar-refractivity contribution < 1.29 is 24.5 Å². The first-order valence-electron chi connectivity index (χ1n) is 8.91. The molecule has 5 rings (SSSR count). The van der Waals surface area contributed by atoms with Crippen LogP contribution in [-0.4, -0.2) is 65.4 Å². The molecule has 25 heavy (non-hydrogen) atoms. The highest BCUT2D eigenvalue weighted by Crippen LogP contribution is 2.68. The Kier molecular flexibility index (Phi) is 2.84. The summed E-state index contributed by atoms with van der Waals surface area (Å²) >= 11 is 0. The van der Waals surface area contributed by atoms with E-state index in [0.29, 0.717) is 30.8 Å². The minimum atomic E-state index is -1.41. The zero-order valence-corrected chi connectivity index (χ0v) is 14.5. The third-order valence-electron chi connectivity index (χ3n) is 7.30. The monoisotopic (exact) mass is 345 g/mol. The van der Waals surface area contributed by atoms with Gasteiger partial charge in [-0.1, -0.05) is 6.07 Å². The smallest absolute Gasteiger partial charge is 0.202 e. The fraction of sp³-hybridized carbons (Fsp3) is 0.632. The molecular formula is C19H23NO5. The number of carbonyl (C=O) groups is 1. The summed E-state index contributed by atoms with van der Waals surface area (Å²) in [6, 6.07) is 3.79. The van der Waals surface area contributed by atoms with Crippen molar-refractivity contribution in [2.24, 2.45) is 0 Å². The molecule has 2 aliphatic heterocycles. The van der Waals surface area contributed by atoms with Gasteiger partial charge in [0.15, 0.2) is 17.3 Å². The minimum Gasteiger partial charge on any atom is -0.493 e. The summed E-state index contributed by atoms with van der Waals surface area (Å²) < 4.78 is 11.7. The number of hydrogen-bond acceptors (Lipinski definition) is 6. The number of ketones is 1. The van der Waals surface area contributed by atoms with E-state index in [-0.39, 0.29) is 18.2 Å². The number of likely N-dealkylation sites (tertiary alicyclic amines) is 1. The van der Waals surface area contributed by atoms with Gasteiger partial charge in [0.05, 0.1) is 24.7 Å². The number of Topliss-reactive ketones (excluding diaryl/α,β-unsaturated/α-hetero) is 1. The molecule has 2 fully saturated rings. The van der Waals surface area contributed by atoms with E-state index in [9.17, 15) is 15.0 Å². The van der Waals surface area contributed by atoms with Crippen LogP contribution in [0.15, 0.2) is 12.1 Å². The Labute approximate surface area is 146 Å². The molecule has 0 radical (unpaired) electrons. The van der Waals surface area contributed by atoms with Crippen LogP contribution in [0.2, 0.25) is 0 Å². The number of piperidine rings is 1. The standard InChI is InChI=1S/C19H23NO5/c1-20-8-7-17-15-11-3-4-12(24-2)16(15)25-19(17,10-21)14(22)5-6-18(17,23)13(20)9-11/h3-4,13,21,23H,5-10H2,1-2H3/t13-,17-,18?,19+/m1/s1. The van der Waals surface area contributed by atoms with E-state index in [0.717, 1.165) is 17.7 Å². The van der Waals surface area contributed by atoms with Gasteiger partial charge < -0.3 is 24.6 Å². The second kappa shape index (κ2) is 4.55. The van der Waals surface area contributed by atoms with Crippen molar-refractivity contribution in [2.75, 3.05) is 27.3 Å². The van der Waals surface area contributed by atoms with E-state index in [4.69, 9.17) is 9.47 Å². The molecule has 2 N–H and O–H groups in total. The molecule has 0 aromatic heterocycles. The molecule has 6 nitrogen and oxygen atoms in total. The van der Waals surface area contributed by atoms with Gasteiger partial charge in [-0.2, -0.15) is 0 Å². The summed E-state index contributed by atoms with van der Waals surface area (Å²) in [5, 5.41) is 22.3. The van der Waals surface area contributed by atoms with Crippen LogP contribution in [0, 0.1) is 0 Å². The van der Waals surface area contributed by atoms with Crippen molar-refractivity contribution in [3.8, 4) is 11.5 Å². The van der Waals surface area contributed by atoms with Crippen LogP contribution in [0.1, 0.15) is 30.4 Å². The van der Waals surface area contributed by atoms with Gasteiger partial charge in [-0.15, -0.1) is 0 Å². The first-order chi connectivity index (χ1) is 11.9. The van der Waals surface area contributed by atoms with E-state index < -0.39 is 23.2 Å². The van der Waals surface area contributed by atoms with E-state index in [1.165, 1.54) is 0 Å². The fourth-order valence-electron chi connectivity index (χ4n) is 6.20. The lowest BCUT2D eigenvalue weighted by Crippen LogP contribution is -2.81. The largest absolute Gasteiger partial charge is 0.493 e. The van der Waals surface area contributed by atoms with Crippen molar-refractivity contribution in [3.05, 3.63) is 23.3 Å². The molecule has 134 valence electrons. The maximum absolute atomic E-state index is 13.0. The summed E-state index contributed by atoms with van der Waals surface area (Å²) in [6.07, 6.45) is 1.91. The van der Waals surface area contributed by atoms with Gasteiger partial charge in [0.2, 0.25) is 5.60 Å². The van der Waals surface area contributed by atoms with Gasteiger partial charge in [0, 0.05) is 18.0 Å². The van der Waals surface area contributed by atoms with Crippen molar-refractivity contribution in [3.63, 3.8) is 0 Å². The lowest BCUT2D eigenvalue weighted by atomic mass is 9.45. The number of rotatable bonds is 2. The number of carbonyl (C=O) groups excluding carboxylic acids is 1. The molecule has 6 heteroatoms. The molecule has 4 aliphatic rings. The lowest BCUT2D eigenvalue weighted by Gasteiger charge is -2.64. The summed E-state index contributed by atoms with van der Waals surface area (Å²) in [5.74, 6) is 0.975. The third kappa shape index (κ3) is 1.40. The first kappa shape index (κ1) is 15.6. The Morgan fingerprint density at radius 3 is 2.92 bits per heavy atom. The zero-order chi connectivity index (χ0) is 17.6. The number of hydrogen-bond donors (Lipinski definition) is 2. The predicted octanol–water partition coefficient (Wildman–Crippen LogP) is 0.411. The Hall–Kier alpha value is -1.63. The van der Waals surface area contributed by atoms with Crippen LogP contribution in [0.3, 0.4) is 0 Å². The van der Waals surface area contributed by atoms with Crippen molar-refractivity contribution in [1.82, 2.24) is 4.90 Å². The maximum atomic E-state index is 13.0. The second-order valence-corrected chi connectivity index (χ2v) is 7.92. The molecule has 2 bridgehead atoms. The SMILES string of the molecule is COc1ccc2c3c1O[C@@]1(CO)C(=O)CCC4(O)[C@@H](C2)N(C)CC[C@@]341. The second-order valence-electron chi connectivity index (χ2n) is 7.92. The normalized spacial score (nSPS) is 41.3. The van der Waals surface area contributed by atoms with Crippen LogP contribution in [-0.2, 0) is 16.6 Å². The number of methoxy groups -OCH3 is 1. The third-order valence-corrected chi connectivity index (χ3v) is 7.30. The molecule has 1 spiro atoms. The predicted molar refractivity (Wildman–Crippen MR) is 89.0 cm³/mol. The number of aliphatic hydroxyl groups is 2. The molecule has 1 aromatic carbocycles. The van der Waals surface area contributed by atoms with E-state index in [1.807, 2.05) is 19.2 Å². The number of likely N-dealkylation sites (N-methyl/N-ethyl adjacent to an activating group) is 1. The molecule has 1 saturated heterocycles. The summed E-state index contributed by atoms with van der Waals surface area (Å²) in [5.41, 5.74) is -1.44. The average Bonchev–Trinajstić information content (AvgIpc) is 2.93. The van der Waals surface area contributed by atoms with Gasteiger partial charge in [-0.05, 0) is 44.5 Å². The van der Waals surface area contributed by atoms with E-state index in [1.54, 1.807) is 7.11 Å². The number of ether oxygens (including phenoxy) is 2. The highest BCUT2D eigenvalue weighted by atomic mass is 16.5. The average molecular weight is 345 g/mol. The topological polar surface area (TPSA) is 79.2 Å². The zero-order valence-electron chi connectivity index (χ0n) is 14.5. The molecule has 0 amide bonds. The van der Waals surface area contributed by atoms with Gasteiger partial charge in [-0.3, -0.25) is 4.79 Å². The van der Waals surface area contributed by atoms with Crippen LogP contribution in [0.5, 0.6) is 11.5 Å². The lowest BCUT2D eigenvalue weighted by molar-refractivity contribution is -0.216. The summed E-state index contributed by atoms with van der Waals surface area (Å²) in [4.78, 5) is 15.2. The van der Waals surface area contributed by atoms with Crippen LogP contribution >= 0.6 is 0 Å². The fourth-order valence-corrected chi connectivity index (χ4v) is 6.20. The molecule has 4 atom stereocenters. The number of nitrogens with zero attached hydrogens (tertiary/aromatic N) is 1. The highest BCUT2D eigenvalue weighted by Gasteiger charge is 2.79. The number of benzene rings is 1. The van der Waals surface area contributed by atoms with Gasteiger partial charge in [-0.25, -0.2) is 0 Å². The molecule has 2 aliphatic carbocycles. The Morgan fingerprint density at radius 2 is 2.20 bits per heavy atom. The highest BCUT2D eigenvalue weighted by molar-refractivity contribution is 5.94. The van der Waals surface area contributed by atoms with Crippen LogP contribution in [0.25, 0.3) is 0 Å². The van der Waals surface area contributed by atoms with E-state index in [2.05, 4.69) is 4.90 Å². The minimum absolute atomic E-state index is 0.0873. The Bertz CT molecular complexity index is 794. The van der Waals surface area contributed by atoms with Crippen molar-refractivity contribution >= 4 is 5.78 Å². The molecule has 1 saturated carbocycles. The summed E-state index contributed by atoms with van der Waals surface area (Å²) in [6.45, 7) is 0.323. The van der Waals surface area contributed by atoms with Crippen molar-refractivity contribution in [1.29, 1.82) is 0 Å². The first-order valence-corrected chi connectivity index (χ1v) is 8.91. The van der Waals surface area contributed by atoms with Gasteiger partial charge in [0.1, 0.15) is 0 Å². The Morgan fingerprint density at radius 1 is 1.40 bits per heavy atom. The van der Waals surface area contributed by atoms with Gasteiger partial charge in [0.25, 0.3) is 0 Å². The van der Waals surface area contributed by atoms with Crippen LogP contribution in [0.4, 0.5) is 0 Å². The van der Waals surface area contributed by atoms with E-state index >= 15 is 0 Å². The maximum Gasteiger partial charge on any atom is 0.202 e. The van der Waals surface area contributed by atoms with Crippen LogP contribution < -0.4 is 9.47 Å². The summed E-state index contributed by atoms with van der Waals surface area (Å²) in [7, 11) is 3.60. The quantitative estimate of drug-likeness (QED) is 0.808.